The fraction of sp³-hybridized carbons (Fsp3) is 0.300. The summed E-state index contributed by atoms with van der Waals surface area (Å²) in [4.78, 5) is 0. The summed E-state index contributed by atoms with van der Waals surface area (Å²) in [5.74, 6) is 1.09. The van der Waals surface area contributed by atoms with Crippen molar-refractivity contribution in [1.82, 2.24) is 9.78 Å². The van der Waals surface area contributed by atoms with E-state index >= 15 is 0 Å². The first kappa shape index (κ1) is 10.4. The minimum atomic E-state index is 0.524. The standard InChI is InChI=1S/C10H14N2O2/c1-7(13-4)9-6-10(8(2)14-5)12(3)11-9/h6H,1-2H2,3-5H3. The summed E-state index contributed by atoms with van der Waals surface area (Å²) < 4.78 is 11.7. The molecule has 1 rings (SSSR count). The Bertz CT molecular complexity index is 366. The molecule has 14 heavy (non-hydrogen) atoms. The lowest BCUT2D eigenvalue weighted by atomic mass is 10.3. The Hall–Kier alpha value is -1.71. The van der Waals surface area contributed by atoms with E-state index in [1.807, 2.05) is 13.1 Å². The van der Waals surface area contributed by atoms with Gasteiger partial charge < -0.3 is 9.47 Å². The molecular formula is C10H14N2O2. The fourth-order valence-electron chi connectivity index (χ4n) is 1.07. The van der Waals surface area contributed by atoms with Gasteiger partial charge in [0.25, 0.3) is 0 Å². The maximum absolute atomic E-state index is 5.02. The summed E-state index contributed by atoms with van der Waals surface area (Å²) in [7, 11) is 4.94. The zero-order chi connectivity index (χ0) is 10.7. The van der Waals surface area contributed by atoms with Crippen molar-refractivity contribution in [1.29, 1.82) is 0 Å². The zero-order valence-corrected chi connectivity index (χ0v) is 8.70. The van der Waals surface area contributed by atoms with Crippen LogP contribution in [0.15, 0.2) is 19.2 Å². The highest BCUT2D eigenvalue weighted by Gasteiger charge is 2.10. The van der Waals surface area contributed by atoms with Crippen LogP contribution in [0.3, 0.4) is 0 Å². The Kier molecular flexibility index (Phi) is 2.96. The number of nitrogens with zero attached hydrogens (tertiary/aromatic N) is 2. The van der Waals surface area contributed by atoms with Gasteiger partial charge in [0.15, 0.2) is 0 Å². The van der Waals surface area contributed by atoms with Gasteiger partial charge in [-0.1, -0.05) is 13.2 Å². The lowest BCUT2D eigenvalue weighted by Gasteiger charge is -2.02. The molecule has 0 aliphatic carbocycles. The lowest BCUT2D eigenvalue weighted by Crippen LogP contribution is -1.98. The average molecular weight is 194 g/mol. The monoisotopic (exact) mass is 194 g/mol. The van der Waals surface area contributed by atoms with Gasteiger partial charge in [-0.2, -0.15) is 5.10 Å². The number of ether oxygens (including phenoxy) is 2. The molecule has 0 spiro atoms. The number of aryl methyl sites for hydroxylation is 1. The van der Waals surface area contributed by atoms with Gasteiger partial charge in [-0.15, -0.1) is 0 Å². The van der Waals surface area contributed by atoms with Crippen molar-refractivity contribution in [3.8, 4) is 0 Å². The van der Waals surface area contributed by atoms with Crippen LogP contribution in [0.4, 0.5) is 0 Å². The van der Waals surface area contributed by atoms with Crippen LogP contribution in [0.5, 0.6) is 0 Å². The minimum Gasteiger partial charge on any atom is -0.495 e. The summed E-state index contributed by atoms with van der Waals surface area (Å²) in [5, 5.41) is 4.20. The molecule has 0 radical (unpaired) electrons. The Labute approximate surface area is 83.4 Å². The highest BCUT2D eigenvalue weighted by molar-refractivity contribution is 5.61. The summed E-state index contributed by atoms with van der Waals surface area (Å²) in [5.41, 5.74) is 1.49. The molecule has 1 aromatic heterocycles. The van der Waals surface area contributed by atoms with E-state index in [-0.39, 0.29) is 0 Å². The molecule has 1 heterocycles. The first-order valence-electron chi connectivity index (χ1n) is 4.10. The SMILES string of the molecule is C=C(OC)c1cc(C(=C)OC)n(C)n1. The Morgan fingerprint density at radius 1 is 1.29 bits per heavy atom. The summed E-state index contributed by atoms with van der Waals surface area (Å²) >= 11 is 0. The molecule has 76 valence electrons. The van der Waals surface area contributed by atoms with Gasteiger partial charge in [0, 0.05) is 7.05 Å². The average Bonchev–Trinajstić information content (AvgIpc) is 2.58. The van der Waals surface area contributed by atoms with Gasteiger partial charge in [0.1, 0.15) is 22.9 Å². The van der Waals surface area contributed by atoms with Crippen molar-refractivity contribution >= 4 is 11.5 Å². The first-order chi connectivity index (χ1) is 6.60. The molecule has 0 N–H and O–H groups in total. The molecule has 0 aliphatic rings. The lowest BCUT2D eigenvalue weighted by molar-refractivity contribution is 0.366. The van der Waals surface area contributed by atoms with Crippen LogP contribution in [0.25, 0.3) is 11.5 Å². The van der Waals surface area contributed by atoms with Crippen molar-refractivity contribution in [2.75, 3.05) is 14.2 Å². The molecule has 0 bridgehead atoms. The van der Waals surface area contributed by atoms with Crippen molar-refractivity contribution in [2.24, 2.45) is 7.05 Å². The Balaban J connectivity index is 3.05. The van der Waals surface area contributed by atoms with E-state index < -0.39 is 0 Å². The van der Waals surface area contributed by atoms with Gasteiger partial charge in [0.2, 0.25) is 0 Å². The first-order valence-corrected chi connectivity index (χ1v) is 4.10. The van der Waals surface area contributed by atoms with Crippen LogP contribution < -0.4 is 0 Å². The molecule has 0 amide bonds. The van der Waals surface area contributed by atoms with E-state index in [4.69, 9.17) is 9.47 Å². The van der Waals surface area contributed by atoms with Crippen LogP contribution in [0.2, 0.25) is 0 Å². The van der Waals surface area contributed by atoms with E-state index in [0.717, 1.165) is 5.69 Å². The Morgan fingerprint density at radius 2 is 1.86 bits per heavy atom. The predicted octanol–water partition coefficient (Wildman–Crippen LogP) is 1.65. The number of rotatable bonds is 4. The smallest absolute Gasteiger partial charge is 0.139 e. The molecule has 4 nitrogen and oxygen atoms in total. The van der Waals surface area contributed by atoms with Crippen LogP contribution in [-0.4, -0.2) is 24.0 Å². The molecule has 1 aromatic rings. The van der Waals surface area contributed by atoms with Crippen molar-refractivity contribution in [2.45, 2.75) is 0 Å². The summed E-state index contributed by atoms with van der Waals surface area (Å²) in [6.07, 6.45) is 0. The van der Waals surface area contributed by atoms with Crippen LogP contribution in [-0.2, 0) is 16.5 Å². The van der Waals surface area contributed by atoms with Gasteiger partial charge in [-0.05, 0) is 6.07 Å². The maximum Gasteiger partial charge on any atom is 0.139 e. The number of aromatic nitrogens is 2. The highest BCUT2D eigenvalue weighted by atomic mass is 16.5. The largest absolute Gasteiger partial charge is 0.495 e. The minimum absolute atomic E-state index is 0.524. The molecule has 0 unspecified atom stereocenters. The molecule has 0 aromatic carbocycles. The quantitative estimate of drug-likeness (QED) is 0.684. The van der Waals surface area contributed by atoms with E-state index in [0.29, 0.717) is 17.2 Å². The van der Waals surface area contributed by atoms with Crippen molar-refractivity contribution in [3.05, 3.63) is 30.6 Å². The van der Waals surface area contributed by atoms with E-state index in [9.17, 15) is 0 Å². The predicted molar refractivity (Wildman–Crippen MR) is 55.3 cm³/mol. The van der Waals surface area contributed by atoms with E-state index in [1.165, 1.54) is 0 Å². The molecular weight excluding hydrogens is 180 g/mol. The van der Waals surface area contributed by atoms with E-state index in [2.05, 4.69) is 18.3 Å². The van der Waals surface area contributed by atoms with Crippen LogP contribution in [0.1, 0.15) is 11.4 Å². The van der Waals surface area contributed by atoms with Crippen LogP contribution >= 0.6 is 0 Å². The van der Waals surface area contributed by atoms with Gasteiger partial charge in [0.05, 0.1) is 14.2 Å². The third kappa shape index (κ3) is 1.79. The number of hydrogen-bond acceptors (Lipinski definition) is 3. The zero-order valence-electron chi connectivity index (χ0n) is 8.70. The van der Waals surface area contributed by atoms with Gasteiger partial charge in [-0.3, -0.25) is 4.68 Å². The van der Waals surface area contributed by atoms with Gasteiger partial charge >= 0.3 is 0 Å². The second-order valence-electron chi connectivity index (χ2n) is 2.79. The second kappa shape index (κ2) is 4.00. The topological polar surface area (TPSA) is 36.3 Å². The van der Waals surface area contributed by atoms with Crippen LogP contribution in [0, 0.1) is 0 Å². The molecule has 0 fully saturated rings. The molecule has 0 atom stereocenters. The normalized spacial score (nSPS) is 9.64. The summed E-state index contributed by atoms with van der Waals surface area (Å²) in [6.45, 7) is 7.46. The fourth-order valence-corrected chi connectivity index (χ4v) is 1.07. The maximum atomic E-state index is 5.02. The van der Waals surface area contributed by atoms with Gasteiger partial charge in [-0.25, -0.2) is 0 Å². The number of methoxy groups -OCH3 is 2. The highest BCUT2D eigenvalue weighted by Crippen LogP contribution is 2.18. The summed E-state index contributed by atoms with van der Waals surface area (Å²) in [6, 6.07) is 1.82. The van der Waals surface area contributed by atoms with Crippen molar-refractivity contribution < 1.29 is 9.47 Å². The second-order valence-corrected chi connectivity index (χ2v) is 2.79. The third-order valence-corrected chi connectivity index (χ3v) is 1.94. The molecule has 0 saturated heterocycles. The van der Waals surface area contributed by atoms with Crippen molar-refractivity contribution in [3.63, 3.8) is 0 Å². The van der Waals surface area contributed by atoms with E-state index in [1.54, 1.807) is 18.9 Å². The molecule has 4 heteroatoms. The number of hydrogen-bond donors (Lipinski definition) is 0. The Morgan fingerprint density at radius 3 is 2.36 bits per heavy atom. The molecule has 0 saturated carbocycles. The molecule has 0 aliphatic heterocycles. The third-order valence-electron chi connectivity index (χ3n) is 1.94.